The van der Waals surface area contributed by atoms with E-state index >= 15 is 0 Å². The number of ether oxygens (including phenoxy) is 1. The van der Waals surface area contributed by atoms with Gasteiger partial charge in [-0.1, -0.05) is 0 Å². The number of carbonyl (C=O) groups excluding carboxylic acids is 1. The molecule has 4 rings (SSSR count). The van der Waals surface area contributed by atoms with Crippen LogP contribution in [0, 0.1) is 5.82 Å². The molecule has 36 heavy (non-hydrogen) atoms. The van der Waals surface area contributed by atoms with Gasteiger partial charge in [-0.15, -0.1) is 0 Å². The Morgan fingerprint density at radius 2 is 2.03 bits per heavy atom. The first kappa shape index (κ1) is 25.8. The summed E-state index contributed by atoms with van der Waals surface area (Å²) < 4.78 is 62.5. The van der Waals surface area contributed by atoms with E-state index in [0.29, 0.717) is 11.4 Å². The fraction of sp³-hybridized carbons (Fsp3) is 0.417. The number of alkyl halides is 1. The van der Waals surface area contributed by atoms with Gasteiger partial charge in [0.1, 0.15) is 28.6 Å². The third-order valence-corrected chi connectivity index (χ3v) is 7.43. The van der Waals surface area contributed by atoms with Crippen LogP contribution in [0.1, 0.15) is 48.8 Å². The molecule has 0 saturated carbocycles. The minimum absolute atomic E-state index is 0.0974. The number of pyridine rings is 1. The number of imidazole rings is 1. The molecular formula is C24H29F2N5O4S. The predicted molar refractivity (Wildman–Crippen MR) is 132 cm³/mol. The molecule has 1 unspecified atom stereocenters. The summed E-state index contributed by atoms with van der Waals surface area (Å²) in [5.41, 5.74) is 0.159. The van der Waals surface area contributed by atoms with Gasteiger partial charge in [-0.05, 0) is 57.0 Å². The van der Waals surface area contributed by atoms with Crippen LogP contribution in [0.15, 0.2) is 42.7 Å². The molecule has 3 heterocycles. The molecule has 1 fully saturated rings. The van der Waals surface area contributed by atoms with E-state index in [0.717, 1.165) is 34.9 Å². The summed E-state index contributed by atoms with van der Waals surface area (Å²) in [4.78, 5) is 19.0. The molecular weight excluding hydrogens is 492 g/mol. The molecule has 9 nitrogen and oxygen atoms in total. The minimum atomic E-state index is -4.25. The SMILES string of the molecule is COc1ccc(F)cc1C1CCCN1c1ccc2nc(C(=O)NS(=O)(=O)N(C)CC(C)(C)F)cn2c1. The van der Waals surface area contributed by atoms with Gasteiger partial charge in [0.25, 0.3) is 5.91 Å². The van der Waals surface area contributed by atoms with E-state index in [1.165, 1.54) is 39.2 Å². The van der Waals surface area contributed by atoms with Crippen LogP contribution < -0.4 is 14.4 Å². The van der Waals surface area contributed by atoms with Crippen LogP contribution in [0.4, 0.5) is 14.5 Å². The fourth-order valence-corrected chi connectivity index (χ4v) is 5.46. The van der Waals surface area contributed by atoms with Crippen molar-refractivity contribution in [1.29, 1.82) is 0 Å². The highest BCUT2D eigenvalue weighted by Crippen LogP contribution is 2.40. The van der Waals surface area contributed by atoms with Crippen molar-refractivity contribution in [3.8, 4) is 5.75 Å². The summed E-state index contributed by atoms with van der Waals surface area (Å²) in [6, 6.07) is 7.94. The van der Waals surface area contributed by atoms with Crippen LogP contribution >= 0.6 is 0 Å². The van der Waals surface area contributed by atoms with Crippen molar-refractivity contribution in [2.75, 3.05) is 32.1 Å². The molecule has 3 aromatic rings. The third-order valence-electron chi connectivity index (χ3n) is 6.03. The molecule has 1 aromatic carbocycles. The number of methoxy groups -OCH3 is 1. The smallest absolute Gasteiger partial charge is 0.303 e. The molecule has 2 aromatic heterocycles. The van der Waals surface area contributed by atoms with Gasteiger partial charge in [0, 0.05) is 38.1 Å². The average molecular weight is 522 g/mol. The van der Waals surface area contributed by atoms with E-state index in [1.54, 1.807) is 29.8 Å². The molecule has 1 amide bonds. The molecule has 0 aliphatic carbocycles. The van der Waals surface area contributed by atoms with Gasteiger partial charge in [0.05, 0.1) is 18.8 Å². The van der Waals surface area contributed by atoms with Crippen molar-refractivity contribution in [2.24, 2.45) is 0 Å². The Morgan fingerprint density at radius 1 is 1.28 bits per heavy atom. The summed E-state index contributed by atoms with van der Waals surface area (Å²) >= 11 is 0. The van der Waals surface area contributed by atoms with Gasteiger partial charge in [0.2, 0.25) is 0 Å². The number of amides is 1. The van der Waals surface area contributed by atoms with Crippen LogP contribution in [0.3, 0.4) is 0 Å². The lowest BCUT2D eigenvalue weighted by Gasteiger charge is -2.28. The number of benzene rings is 1. The number of fused-ring (bicyclic) bond motifs is 1. The number of nitrogens with zero attached hydrogens (tertiary/aromatic N) is 4. The zero-order chi connectivity index (χ0) is 26.3. The Labute approximate surface area is 208 Å². The summed E-state index contributed by atoms with van der Waals surface area (Å²) in [5.74, 6) is -0.653. The summed E-state index contributed by atoms with van der Waals surface area (Å²) in [5, 5.41) is 0. The second-order valence-corrected chi connectivity index (χ2v) is 11.2. The van der Waals surface area contributed by atoms with Crippen LogP contribution in [0.5, 0.6) is 5.75 Å². The van der Waals surface area contributed by atoms with E-state index < -0.39 is 28.3 Å². The molecule has 194 valence electrons. The Morgan fingerprint density at radius 3 is 2.72 bits per heavy atom. The van der Waals surface area contributed by atoms with E-state index in [1.807, 2.05) is 10.8 Å². The van der Waals surface area contributed by atoms with E-state index in [2.05, 4.69) is 9.88 Å². The van der Waals surface area contributed by atoms with Gasteiger partial charge in [-0.25, -0.2) is 18.5 Å². The second-order valence-electron chi connectivity index (χ2n) is 9.43. The maximum absolute atomic E-state index is 14.0. The number of anilines is 1. The van der Waals surface area contributed by atoms with E-state index in [4.69, 9.17) is 4.74 Å². The molecule has 12 heteroatoms. The van der Waals surface area contributed by atoms with Crippen molar-refractivity contribution in [3.63, 3.8) is 0 Å². The largest absolute Gasteiger partial charge is 0.496 e. The Bertz CT molecular complexity index is 1390. The van der Waals surface area contributed by atoms with Gasteiger partial charge in [-0.3, -0.25) is 4.79 Å². The molecule has 1 aliphatic rings. The van der Waals surface area contributed by atoms with Crippen LogP contribution in [0.25, 0.3) is 5.65 Å². The maximum atomic E-state index is 14.0. The third kappa shape index (κ3) is 5.44. The van der Waals surface area contributed by atoms with E-state index in [9.17, 15) is 22.0 Å². The van der Waals surface area contributed by atoms with Gasteiger partial charge in [-0.2, -0.15) is 12.7 Å². The lowest BCUT2D eigenvalue weighted by Crippen LogP contribution is -2.45. The van der Waals surface area contributed by atoms with Crippen molar-refractivity contribution < 1.29 is 26.7 Å². The quantitative estimate of drug-likeness (QED) is 0.488. The van der Waals surface area contributed by atoms with Crippen LogP contribution in [0.2, 0.25) is 0 Å². The summed E-state index contributed by atoms with van der Waals surface area (Å²) in [6.07, 6.45) is 4.93. The molecule has 1 saturated heterocycles. The highest BCUT2D eigenvalue weighted by Gasteiger charge is 2.30. The van der Waals surface area contributed by atoms with Crippen molar-refractivity contribution in [3.05, 3.63) is 59.8 Å². The predicted octanol–water partition coefficient (Wildman–Crippen LogP) is 3.48. The molecule has 1 N–H and O–H groups in total. The number of aromatic nitrogens is 2. The second kappa shape index (κ2) is 9.66. The monoisotopic (exact) mass is 521 g/mol. The zero-order valence-corrected chi connectivity index (χ0v) is 21.3. The summed E-state index contributed by atoms with van der Waals surface area (Å²) in [7, 11) is -1.51. The van der Waals surface area contributed by atoms with Gasteiger partial charge >= 0.3 is 10.2 Å². The number of nitrogens with one attached hydrogen (secondary N) is 1. The standard InChI is InChI=1S/C24H29F2N5O4S/c1-24(2,26)15-29(3)36(33,34)28-23(32)19-14-30-13-17(8-10-22(30)27-19)31-11-5-6-20(31)18-12-16(25)7-9-21(18)35-4/h7-10,12-14,20H,5-6,11,15H2,1-4H3,(H,28,32). The van der Waals surface area contributed by atoms with Crippen LogP contribution in [-0.4, -0.2) is 60.9 Å². The van der Waals surface area contributed by atoms with E-state index in [-0.39, 0.29) is 17.6 Å². The molecule has 0 spiro atoms. The van der Waals surface area contributed by atoms with Crippen molar-refractivity contribution >= 4 is 27.5 Å². The number of rotatable bonds is 8. The zero-order valence-electron chi connectivity index (χ0n) is 20.5. The average Bonchev–Trinajstić information content (AvgIpc) is 3.44. The Kier molecular flexibility index (Phi) is 6.93. The molecule has 0 bridgehead atoms. The first-order chi connectivity index (χ1) is 16.9. The van der Waals surface area contributed by atoms with Gasteiger partial charge < -0.3 is 14.0 Å². The Balaban J connectivity index is 1.57. The number of hydrogen-bond donors (Lipinski definition) is 1. The highest BCUT2D eigenvalue weighted by molar-refractivity contribution is 7.87. The fourth-order valence-electron chi connectivity index (χ4n) is 4.49. The molecule has 1 atom stereocenters. The first-order valence-electron chi connectivity index (χ1n) is 11.4. The topological polar surface area (TPSA) is 96.2 Å². The normalized spacial score (nSPS) is 16.6. The number of hydrogen-bond acceptors (Lipinski definition) is 6. The van der Waals surface area contributed by atoms with Crippen LogP contribution in [-0.2, 0) is 10.2 Å². The lowest BCUT2D eigenvalue weighted by molar-refractivity contribution is 0.0973. The molecule has 1 aliphatic heterocycles. The van der Waals surface area contributed by atoms with Gasteiger partial charge in [0.15, 0.2) is 0 Å². The summed E-state index contributed by atoms with van der Waals surface area (Å²) in [6.45, 7) is 2.82. The van der Waals surface area contributed by atoms with Crippen molar-refractivity contribution in [1.82, 2.24) is 18.4 Å². The first-order valence-corrected chi connectivity index (χ1v) is 12.9. The Hall–Kier alpha value is -3.25. The minimum Gasteiger partial charge on any atom is -0.496 e. The number of halogens is 2. The highest BCUT2D eigenvalue weighted by atomic mass is 32.2. The lowest BCUT2D eigenvalue weighted by atomic mass is 10.0. The van der Waals surface area contributed by atoms with Crippen molar-refractivity contribution in [2.45, 2.75) is 38.4 Å². The maximum Gasteiger partial charge on any atom is 0.303 e. The number of carbonyl (C=O) groups is 1. The molecule has 0 radical (unpaired) electrons.